The molecule has 96 valence electrons. The van der Waals surface area contributed by atoms with Gasteiger partial charge in [0.05, 0.1) is 10.6 Å². The van der Waals surface area contributed by atoms with Crippen LogP contribution in [0, 0.1) is 6.92 Å². The second kappa shape index (κ2) is 4.82. The monoisotopic (exact) mass is 280 g/mol. The van der Waals surface area contributed by atoms with Crippen molar-refractivity contribution in [2.24, 2.45) is 0 Å². The SMILES string of the molecule is Cc1csc(C(=O)Nc2nc(C(C)(C)C)cs2)c1. The number of hydrogen-bond acceptors (Lipinski definition) is 4. The van der Waals surface area contributed by atoms with Gasteiger partial charge in [0.15, 0.2) is 5.13 Å². The van der Waals surface area contributed by atoms with Crippen LogP contribution >= 0.6 is 22.7 Å². The number of nitrogens with zero attached hydrogens (tertiary/aromatic N) is 1. The van der Waals surface area contributed by atoms with Crippen LogP contribution in [0.5, 0.6) is 0 Å². The van der Waals surface area contributed by atoms with Crippen molar-refractivity contribution in [3.63, 3.8) is 0 Å². The first kappa shape index (κ1) is 13.2. The van der Waals surface area contributed by atoms with E-state index in [1.165, 1.54) is 22.7 Å². The number of amides is 1. The number of hydrogen-bond donors (Lipinski definition) is 1. The van der Waals surface area contributed by atoms with Gasteiger partial charge in [0.25, 0.3) is 5.91 Å². The third-order valence-corrected chi connectivity index (χ3v) is 4.25. The lowest BCUT2D eigenvalue weighted by Gasteiger charge is -2.14. The topological polar surface area (TPSA) is 42.0 Å². The Morgan fingerprint density at radius 1 is 1.28 bits per heavy atom. The van der Waals surface area contributed by atoms with Crippen LogP contribution in [-0.4, -0.2) is 10.9 Å². The molecule has 1 N–H and O–H groups in total. The minimum Gasteiger partial charge on any atom is -0.297 e. The van der Waals surface area contributed by atoms with E-state index in [0.29, 0.717) is 5.13 Å². The van der Waals surface area contributed by atoms with Gasteiger partial charge in [-0.3, -0.25) is 10.1 Å². The van der Waals surface area contributed by atoms with E-state index in [9.17, 15) is 4.79 Å². The number of carbonyl (C=O) groups is 1. The minimum absolute atomic E-state index is 0.0129. The Labute approximate surface area is 115 Å². The lowest BCUT2D eigenvalue weighted by molar-refractivity contribution is 0.103. The summed E-state index contributed by atoms with van der Waals surface area (Å²) in [4.78, 5) is 17.1. The van der Waals surface area contributed by atoms with Gasteiger partial charge in [-0.25, -0.2) is 4.98 Å². The predicted molar refractivity (Wildman–Crippen MR) is 77.8 cm³/mol. The molecule has 2 rings (SSSR count). The van der Waals surface area contributed by atoms with Crippen LogP contribution in [0.3, 0.4) is 0 Å². The Balaban J connectivity index is 2.10. The zero-order valence-electron chi connectivity index (χ0n) is 10.9. The van der Waals surface area contributed by atoms with Crippen molar-refractivity contribution in [1.29, 1.82) is 0 Å². The second-order valence-corrected chi connectivity index (χ2v) is 7.00. The van der Waals surface area contributed by atoms with Gasteiger partial charge in [0, 0.05) is 10.8 Å². The molecule has 0 atom stereocenters. The van der Waals surface area contributed by atoms with Gasteiger partial charge in [0.2, 0.25) is 0 Å². The highest BCUT2D eigenvalue weighted by Gasteiger charge is 2.18. The van der Waals surface area contributed by atoms with Crippen LogP contribution in [0.4, 0.5) is 5.13 Å². The summed E-state index contributed by atoms with van der Waals surface area (Å²) >= 11 is 2.92. The standard InChI is InChI=1S/C13H16N2OS2/c1-8-5-9(17-6-8)11(16)15-12-14-10(7-18-12)13(2,3)4/h5-7H,1-4H3,(H,14,15,16). The molecule has 0 unspecified atom stereocenters. The number of nitrogens with one attached hydrogen (secondary N) is 1. The zero-order chi connectivity index (χ0) is 13.3. The number of thiophene rings is 1. The molecule has 1 amide bonds. The summed E-state index contributed by atoms with van der Waals surface area (Å²) in [6.07, 6.45) is 0. The van der Waals surface area contributed by atoms with Crippen LogP contribution in [0.1, 0.15) is 41.7 Å². The normalized spacial score (nSPS) is 11.6. The summed E-state index contributed by atoms with van der Waals surface area (Å²) in [7, 11) is 0. The zero-order valence-corrected chi connectivity index (χ0v) is 12.5. The largest absolute Gasteiger partial charge is 0.297 e. The van der Waals surface area contributed by atoms with Crippen molar-refractivity contribution >= 4 is 33.7 Å². The van der Waals surface area contributed by atoms with Gasteiger partial charge in [-0.05, 0) is 23.9 Å². The van der Waals surface area contributed by atoms with Crippen molar-refractivity contribution in [3.05, 3.63) is 33.0 Å². The first-order chi connectivity index (χ1) is 8.36. The summed E-state index contributed by atoms with van der Waals surface area (Å²) < 4.78 is 0. The minimum atomic E-state index is -0.0806. The molecule has 0 aliphatic carbocycles. The Hall–Kier alpha value is -1.20. The predicted octanol–water partition coefficient (Wildman–Crippen LogP) is 4.06. The molecular weight excluding hydrogens is 264 g/mol. The van der Waals surface area contributed by atoms with Crippen molar-refractivity contribution in [2.45, 2.75) is 33.1 Å². The molecule has 0 radical (unpaired) electrons. The molecule has 2 aromatic heterocycles. The van der Waals surface area contributed by atoms with Crippen molar-refractivity contribution in [1.82, 2.24) is 4.98 Å². The molecule has 2 aromatic rings. The number of aromatic nitrogens is 1. The Morgan fingerprint density at radius 2 is 2.00 bits per heavy atom. The number of thiazole rings is 1. The third-order valence-electron chi connectivity index (χ3n) is 2.45. The molecule has 2 heterocycles. The lowest BCUT2D eigenvalue weighted by atomic mass is 9.93. The fourth-order valence-electron chi connectivity index (χ4n) is 1.38. The van der Waals surface area contributed by atoms with E-state index in [4.69, 9.17) is 0 Å². The van der Waals surface area contributed by atoms with Crippen LogP contribution in [0.25, 0.3) is 0 Å². The Bertz CT molecular complexity index is 564. The average Bonchev–Trinajstić information content (AvgIpc) is 2.85. The summed E-state index contributed by atoms with van der Waals surface area (Å²) in [5.74, 6) is -0.0806. The first-order valence-electron chi connectivity index (χ1n) is 5.69. The number of aryl methyl sites for hydroxylation is 1. The van der Waals surface area contributed by atoms with Gasteiger partial charge >= 0.3 is 0 Å². The second-order valence-electron chi connectivity index (χ2n) is 5.23. The van der Waals surface area contributed by atoms with E-state index in [0.717, 1.165) is 16.1 Å². The van der Waals surface area contributed by atoms with E-state index in [2.05, 4.69) is 31.1 Å². The summed E-state index contributed by atoms with van der Waals surface area (Å²) in [5, 5.41) is 7.47. The average molecular weight is 280 g/mol. The van der Waals surface area contributed by atoms with Crippen LogP contribution in [-0.2, 0) is 5.41 Å². The Morgan fingerprint density at radius 3 is 2.50 bits per heavy atom. The number of rotatable bonds is 2. The third kappa shape index (κ3) is 2.97. The molecule has 0 aliphatic rings. The Kier molecular flexibility index (Phi) is 3.54. The highest BCUT2D eigenvalue weighted by molar-refractivity contribution is 7.14. The van der Waals surface area contributed by atoms with E-state index < -0.39 is 0 Å². The number of anilines is 1. The van der Waals surface area contributed by atoms with Gasteiger partial charge in [0.1, 0.15) is 0 Å². The summed E-state index contributed by atoms with van der Waals surface area (Å²) in [6.45, 7) is 8.30. The van der Waals surface area contributed by atoms with Gasteiger partial charge in [-0.2, -0.15) is 0 Å². The molecular formula is C13H16N2OS2. The molecule has 18 heavy (non-hydrogen) atoms. The number of carbonyl (C=O) groups excluding carboxylic acids is 1. The molecule has 0 bridgehead atoms. The van der Waals surface area contributed by atoms with E-state index in [1.54, 1.807) is 0 Å². The van der Waals surface area contributed by atoms with Crippen molar-refractivity contribution < 1.29 is 4.79 Å². The van der Waals surface area contributed by atoms with Crippen molar-refractivity contribution in [2.75, 3.05) is 5.32 Å². The van der Waals surface area contributed by atoms with E-state index in [1.807, 2.05) is 23.8 Å². The van der Waals surface area contributed by atoms with E-state index >= 15 is 0 Å². The quantitative estimate of drug-likeness (QED) is 0.901. The maximum absolute atomic E-state index is 12.0. The van der Waals surface area contributed by atoms with Crippen LogP contribution in [0.15, 0.2) is 16.8 Å². The molecule has 0 fully saturated rings. The fourth-order valence-corrected chi connectivity index (χ4v) is 3.11. The molecule has 5 heteroatoms. The van der Waals surface area contributed by atoms with Gasteiger partial charge in [-0.1, -0.05) is 20.8 Å². The lowest BCUT2D eigenvalue weighted by Crippen LogP contribution is -2.13. The molecule has 0 saturated carbocycles. The maximum atomic E-state index is 12.0. The molecule has 0 spiro atoms. The molecule has 3 nitrogen and oxygen atoms in total. The van der Waals surface area contributed by atoms with Gasteiger partial charge in [-0.15, -0.1) is 22.7 Å². The van der Waals surface area contributed by atoms with Crippen molar-refractivity contribution in [3.8, 4) is 0 Å². The smallest absolute Gasteiger partial charge is 0.267 e. The molecule has 0 aliphatic heterocycles. The van der Waals surface area contributed by atoms with E-state index in [-0.39, 0.29) is 11.3 Å². The highest BCUT2D eigenvalue weighted by Crippen LogP contribution is 2.27. The summed E-state index contributed by atoms with van der Waals surface area (Å²) in [5.41, 5.74) is 2.13. The highest BCUT2D eigenvalue weighted by atomic mass is 32.1. The van der Waals surface area contributed by atoms with Crippen LogP contribution in [0.2, 0.25) is 0 Å². The maximum Gasteiger partial charge on any atom is 0.267 e. The summed E-state index contributed by atoms with van der Waals surface area (Å²) in [6, 6.07) is 1.89. The van der Waals surface area contributed by atoms with Gasteiger partial charge < -0.3 is 0 Å². The van der Waals surface area contributed by atoms with Crippen LogP contribution < -0.4 is 5.32 Å². The first-order valence-corrected chi connectivity index (χ1v) is 7.44. The molecule has 0 saturated heterocycles. The molecule has 0 aromatic carbocycles. The fraction of sp³-hybridized carbons (Fsp3) is 0.385.